The molecule has 2 unspecified atom stereocenters. The summed E-state index contributed by atoms with van der Waals surface area (Å²) in [6.07, 6.45) is 7.33. The molecule has 0 amide bonds. The summed E-state index contributed by atoms with van der Waals surface area (Å²) < 4.78 is 5.05. The highest BCUT2D eigenvalue weighted by atomic mass is 32.1. The average molecular weight is 861 g/mol. The average Bonchev–Trinajstić information content (AvgIpc) is 4.02. The zero-order valence-electron chi connectivity index (χ0n) is 37.0. The van der Waals surface area contributed by atoms with Crippen molar-refractivity contribution in [3.63, 3.8) is 0 Å². The Kier molecular flexibility index (Phi) is 7.98. The van der Waals surface area contributed by atoms with Gasteiger partial charge in [-0.2, -0.15) is 0 Å². The number of hydrogen-bond acceptors (Lipinski definition) is 2. The lowest BCUT2D eigenvalue weighted by Gasteiger charge is -2.26. The molecular formula is C63H44N2S. The Balaban J connectivity index is 0.847. The second kappa shape index (κ2) is 14.0. The Morgan fingerprint density at radius 1 is 0.500 bits per heavy atom. The molecule has 3 heteroatoms. The Labute approximate surface area is 387 Å². The summed E-state index contributed by atoms with van der Waals surface area (Å²) in [5.41, 5.74) is 17.6. The van der Waals surface area contributed by atoms with E-state index < -0.39 is 0 Å². The lowest BCUT2D eigenvalue weighted by Crippen LogP contribution is -2.14. The minimum atomic E-state index is 0.00841. The van der Waals surface area contributed by atoms with Crippen LogP contribution in [0.1, 0.15) is 49.1 Å². The lowest BCUT2D eigenvalue weighted by atomic mass is 9.81. The molecule has 2 nitrogen and oxygen atoms in total. The maximum Gasteiger partial charge on any atom is 0.156 e. The van der Waals surface area contributed by atoms with Crippen molar-refractivity contribution in [1.29, 1.82) is 0 Å². The molecule has 0 saturated carbocycles. The topological polar surface area (TPSA) is 17.3 Å². The van der Waals surface area contributed by atoms with Gasteiger partial charge in [0.05, 0.1) is 15.7 Å². The summed E-state index contributed by atoms with van der Waals surface area (Å²) >= 11 is 1.88. The third-order valence-electron chi connectivity index (χ3n) is 15.1. The Morgan fingerprint density at radius 3 is 1.97 bits per heavy atom. The molecule has 0 aliphatic heterocycles. The van der Waals surface area contributed by atoms with Crippen molar-refractivity contribution >= 4 is 86.1 Å². The zero-order valence-corrected chi connectivity index (χ0v) is 37.8. The van der Waals surface area contributed by atoms with Crippen LogP contribution in [0.5, 0.6) is 0 Å². The monoisotopic (exact) mass is 860 g/mol. The molecular weight excluding hydrogens is 817 g/mol. The molecule has 312 valence electrons. The van der Waals surface area contributed by atoms with Crippen LogP contribution in [0.3, 0.4) is 0 Å². The van der Waals surface area contributed by atoms with Crippen LogP contribution >= 0.6 is 11.3 Å². The van der Waals surface area contributed by atoms with Crippen molar-refractivity contribution in [3.8, 4) is 33.4 Å². The van der Waals surface area contributed by atoms with Gasteiger partial charge in [0.1, 0.15) is 0 Å². The third kappa shape index (κ3) is 5.38. The molecule has 66 heavy (non-hydrogen) atoms. The van der Waals surface area contributed by atoms with Crippen LogP contribution < -0.4 is 0 Å². The van der Waals surface area contributed by atoms with E-state index in [9.17, 15) is 0 Å². The van der Waals surface area contributed by atoms with Crippen LogP contribution in [-0.2, 0) is 5.41 Å². The largest absolute Gasteiger partial charge is 0.295 e. The maximum absolute atomic E-state index is 5.54. The quantitative estimate of drug-likeness (QED) is 0.172. The first-order chi connectivity index (χ1) is 32.4. The summed E-state index contributed by atoms with van der Waals surface area (Å²) in [5.74, 6) is 0.384. The van der Waals surface area contributed by atoms with Crippen LogP contribution in [0, 0.1) is 5.92 Å². The zero-order chi connectivity index (χ0) is 43.8. The van der Waals surface area contributed by atoms with Gasteiger partial charge in [0, 0.05) is 37.9 Å². The van der Waals surface area contributed by atoms with E-state index in [1.54, 1.807) is 0 Å². The summed E-state index contributed by atoms with van der Waals surface area (Å²) in [7, 11) is 0. The summed E-state index contributed by atoms with van der Waals surface area (Å²) in [6, 6.07) is 67.8. The van der Waals surface area contributed by atoms with E-state index >= 15 is 0 Å². The molecule has 0 fully saturated rings. The number of allylic oxidation sites excluding steroid dienone is 4. The second-order valence-electron chi connectivity index (χ2n) is 19.1. The highest BCUT2D eigenvalue weighted by molar-refractivity contribution is 7.27. The van der Waals surface area contributed by atoms with Crippen LogP contribution in [0.2, 0.25) is 0 Å². The normalized spacial score (nSPS) is 16.6. The third-order valence-corrected chi connectivity index (χ3v) is 16.4. The number of pyridine rings is 1. The SMILES string of the molecule is CC1C=C(c2ccc(-c3ccc(-c4ccc5c(c4)-c4ccccc4C5(C)C)cc3)c3ccccc23)C=CC1c1cc2c3ccc4ccccc4c3sc2c2nc3c4ccccc4ccc3n12. The molecule has 14 rings (SSSR count). The number of hydrogen-bond donors (Lipinski definition) is 0. The van der Waals surface area contributed by atoms with Gasteiger partial charge in [-0.1, -0.05) is 203 Å². The van der Waals surface area contributed by atoms with Gasteiger partial charge in [0.2, 0.25) is 0 Å². The molecule has 3 aromatic heterocycles. The van der Waals surface area contributed by atoms with Crippen molar-refractivity contribution in [2.24, 2.45) is 5.92 Å². The van der Waals surface area contributed by atoms with Gasteiger partial charge in [0.25, 0.3) is 0 Å². The van der Waals surface area contributed by atoms with Gasteiger partial charge < -0.3 is 0 Å². The fourth-order valence-corrected chi connectivity index (χ4v) is 13.0. The van der Waals surface area contributed by atoms with Crippen LogP contribution in [0.4, 0.5) is 0 Å². The Morgan fingerprint density at radius 2 is 1.15 bits per heavy atom. The second-order valence-corrected chi connectivity index (χ2v) is 20.1. The van der Waals surface area contributed by atoms with Crippen molar-refractivity contribution in [3.05, 3.63) is 223 Å². The van der Waals surface area contributed by atoms with E-state index in [1.807, 2.05) is 11.3 Å². The van der Waals surface area contributed by atoms with Gasteiger partial charge in [-0.3, -0.25) is 4.40 Å². The first-order valence-corrected chi connectivity index (χ1v) is 24.0. The van der Waals surface area contributed by atoms with E-state index in [1.165, 1.54) is 114 Å². The number of nitrogens with zero attached hydrogens (tertiary/aromatic N) is 2. The fourth-order valence-electron chi connectivity index (χ4n) is 11.8. The highest BCUT2D eigenvalue weighted by Gasteiger charge is 2.35. The predicted octanol–water partition coefficient (Wildman–Crippen LogP) is 17.3. The van der Waals surface area contributed by atoms with Crippen LogP contribution in [0.15, 0.2) is 200 Å². The summed E-state index contributed by atoms with van der Waals surface area (Å²) in [6.45, 7) is 7.07. The van der Waals surface area contributed by atoms with Crippen molar-refractivity contribution < 1.29 is 0 Å². The number of thiophene rings is 1. The van der Waals surface area contributed by atoms with E-state index in [2.05, 4.69) is 225 Å². The number of aromatic nitrogens is 2. The van der Waals surface area contributed by atoms with E-state index in [-0.39, 0.29) is 17.3 Å². The number of imidazole rings is 1. The molecule has 0 bridgehead atoms. The van der Waals surface area contributed by atoms with E-state index in [4.69, 9.17) is 4.98 Å². The van der Waals surface area contributed by atoms with Crippen LogP contribution in [0.25, 0.3) is 108 Å². The number of rotatable bonds is 4. The van der Waals surface area contributed by atoms with E-state index in [0.717, 1.165) is 16.7 Å². The highest BCUT2D eigenvalue weighted by Crippen LogP contribution is 2.50. The van der Waals surface area contributed by atoms with Gasteiger partial charge in [-0.25, -0.2) is 4.98 Å². The van der Waals surface area contributed by atoms with Gasteiger partial charge >= 0.3 is 0 Å². The first-order valence-electron chi connectivity index (χ1n) is 23.2. The van der Waals surface area contributed by atoms with Crippen molar-refractivity contribution in [1.82, 2.24) is 9.38 Å². The minimum Gasteiger partial charge on any atom is -0.295 e. The summed E-state index contributed by atoms with van der Waals surface area (Å²) in [5, 5.41) is 10.1. The molecule has 0 saturated heterocycles. The molecule has 2 aliphatic carbocycles. The maximum atomic E-state index is 5.54. The number of fused-ring (bicyclic) bond motifs is 15. The Bertz CT molecular complexity index is 4100. The van der Waals surface area contributed by atoms with Gasteiger partial charge in [-0.15, -0.1) is 11.3 Å². The molecule has 9 aromatic carbocycles. The lowest BCUT2D eigenvalue weighted by molar-refractivity contribution is 0.619. The molecule has 12 aromatic rings. The summed E-state index contributed by atoms with van der Waals surface area (Å²) in [4.78, 5) is 5.54. The standard InChI is InChI=1S/C63H44N2S/c1-37-34-43(46-31-30-45(49-16-8-9-17-50(46)49)41-22-20-38(21-23-41)42-26-32-56-53(35-42)51-18-10-11-19-55(51)63(56,2)3)25-28-44(37)58-36-54-52-29-24-40-13-5-7-15-48(40)60(52)66-61(54)62-64-59-47-14-6-4-12-39(47)27-33-57(59)65(58)62/h4-37,44H,1-3H3. The van der Waals surface area contributed by atoms with Crippen molar-refractivity contribution in [2.75, 3.05) is 0 Å². The smallest absolute Gasteiger partial charge is 0.156 e. The van der Waals surface area contributed by atoms with Crippen molar-refractivity contribution in [2.45, 2.75) is 32.1 Å². The first kappa shape index (κ1) is 37.8. The van der Waals surface area contributed by atoms with E-state index in [0.29, 0.717) is 0 Å². The molecule has 2 aliphatic rings. The minimum absolute atomic E-state index is 0.00841. The predicted molar refractivity (Wildman–Crippen MR) is 282 cm³/mol. The molecule has 0 N–H and O–H groups in total. The van der Waals surface area contributed by atoms with Crippen LogP contribution in [-0.4, -0.2) is 9.38 Å². The molecule has 0 spiro atoms. The fraction of sp³-hybridized carbons (Fsp3) is 0.0952. The Hall–Kier alpha value is -7.59. The van der Waals surface area contributed by atoms with Gasteiger partial charge in [0.15, 0.2) is 5.65 Å². The molecule has 2 atom stereocenters. The van der Waals surface area contributed by atoms with Gasteiger partial charge in [-0.05, 0) is 107 Å². The molecule has 3 heterocycles. The molecule has 0 radical (unpaired) electrons. The number of benzene rings is 9.